The third kappa shape index (κ3) is 1.71. The van der Waals surface area contributed by atoms with Gasteiger partial charge >= 0.3 is 0 Å². The van der Waals surface area contributed by atoms with Gasteiger partial charge in [0, 0.05) is 6.07 Å². The first-order valence-electron chi connectivity index (χ1n) is 4.32. The fourth-order valence-electron chi connectivity index (χ4n) is 1.23. The number of halogens is 2. The van der Waals surface area contributed by atoms with Gasteiger partial charge in [0.15, 0.2) is 5.82 Å². The van der Waals surface area contributed by atoms with Crippen LogP contribution in [0.25, 0.3) is 5.69 Å². The molecule has 0 aliphatic heterocycles. The average Bonchev–Trinajstić information content (AvgIpc) is 2.64. The molecule has 0 aliphatic rings. The average molecular weight is 237 g/mol. The number of aromatic nitrogens is 2. The predicted molar refractivity (Wildman–Crippen MR) is 57.7 cm³/mol. The van der Waals surface area contributed by atoms with Crippen LogP contribution in [-0.2, 0) is 0 Å². The van der Waals surface area contributed by atoms with Gasteiger partial charge in [0.05, 0.1) is 16.9 Å². The Morgan fingerprint density at radius 1 is 1.50 bits per heavy atom. The van der Waals surface area contributed by atoms with E-state index < -0.39 is 5.82 Å². The summed E-state index contributed by atoms with van der Waals surface area (Å²) in [6.07, 6.45) is 1.43. The lowest BCUT2D eigenvalue weighted by Gasteiger charge is -2.01. The number of hydrogen-bond donors (Lipinski definition) is 1. The van der Waals surface area contributed by atoms with Gasteiger partial charge < -0.3 is 5.73 Å². The minimum atomic E-state index is -0.549. The number of nitrogens with two attached hydrogens (primary N) is 1. The van der Waals surface area contributed by atoms with Crippen molar-refractivity contribution in [3.63, 3.8) is 0 Å². The molecule has 4 nitrogen and oxygen atoms in total. The van der Waals surface area contributed by atoms with E-state index in [1.807, 2.05) is 6.07 Å². The molecule has 0 bridgehead atoms. The van der Waals surface area contributed by atoms with Crippen molar-refractivity contribution in [2.45, 2.75) is 0 Å². The first kappa shape index (κ1) is 10.5. The summed E-state index contributed by atoms with van der Waals surface area (Å²) in [5.74, 6) is -0.440. The van der Waals surface area contributed by atoms with Gasteiger partial charge in [-0.25, -0.2) is 9.07 Å². The third-order valence-corrected chi connectivity index (χ3v) is 2.34. The van der Waals surface area contributed by atoms with Crippen molar-refractivity contribution in [3.8, 4) is 11.8 Å². The Bertz CT molecular complexity index is 585. The summed E-state index contributed by atoms with van der Waals surface area (Å²) in [6.45, 7) is 0. The van der Waals surface area contributed by atoms with Crippen LogP contribution >= 0.6 is 11.6 Å². The standard InChI is InChI=1S/C10H6ClFN4/c11-8-2-1-7(3-9(8)12)16-5-6(4-13)10(14)15-16/h1-3,5H,(H2,14,15). The van der Waals surface area contributed by atoms with Gasteiger partial charge in [-0.15, -0.1) is 5.10 Å². The molecule has 0 saturated carbocycles. The van der Waals surface area contributed by atoms with E-state index in [1.165, 1.54) is 23.0 Å². The number of rotatable bonds is 1. The van der Waals surface area contributed by atoms with Crippen molar-refractivity contribution in [3.05, 3.63) is 40.8 Å². The molecule has 1 aromatic carbocycles. The lowest BCUT2D eigenvalue weighted by Crippen LogP contribution is -1.96. The summed E-state index contributed by atoms with van der Waals surface area (Å²) < 4.78 is 14.5. The highest BCUT2D eigenvalue weighted by atomic mass is 35.5. The zero-order chi connectivity index (χ0) is 11.7. The van der Waals surface area contributed by atoms with Gasteiger partial charge in [-0.05, 0) is 12.1 Å². The van der Waals surface area contributed by atoms with Crippen LogP contribution in [0.5, 0.6) is 0 Å². The van der Waals surface area contributed by atoms with E-state index >= 15 is 0 Å². The van der Waals surface area contributed by atoms with E-state index in [-0.39, 0.29) is 16.4 Å². The quantitative estimate of drug-likeness (QED) is 0.825. The lowest BCUT2D eigenvalue weighted by molar-refractivity contribution is 0.626. The van der Waals surface area contributed by atoms with E-state index in [1.54, 1.807) is 6.07 Å². The van der Waals surface area contributed by atoms with Crippen LogP contribution in [0.4, 0.5) is 10.2 Å². The van der Waals surface area contributed by atoms with E-state index in [4.69, 9.17) is 22.6 Å². The summed E-state index contributed by atoms with van der Waals surface area (Å²) in [5.41, 5.74) is 6.18. The third-order valence-electron chi connectivity index (χ3n) is 2.03. The monoisotopic (exact) mass is 236 g/mol. The Labute approximate surface area is 95.7 Å². The zero-order valence-corrected chi connectivity index (χ0v) is 8.74. The van der Waals surface area contributed by atoms with Crippen LogP contribution in [0, 0.1) is 17.1 Å². The molecule has 2 aromatic rings. The molecule has 1 heterocycles. The number of nitrogen functional groups attached to an aromatic ring is 1. The Balaban J connectivity index is 2.51. The minimum Gasteiger partial charge on any atom is -0.381 e. The van der Waals surface area contributed by atoms with E-state index in [9.17, 15) is 4.39 Å². The summed E-state index contributed by atoms with van der Waals surface area (Å²) in [5, 5.41) is 12.6. The van der Waals surface area contributed by atoms with Crippen LogP contribution in [0.3, 0.4) is 0 Å². The lowest BCUT2D eigenvalue weighted by atomic mass is 10.3. The van der Waals surface area contributed by atoms with Crippen LogP contribution < -0.4 is 5.73 Å². The maximum Gasteiger partial charge on any atom is 0.163 e. The van der Waals surface area contributed by atoms with Crippen LogP contribution in [-0.4, -0.2) is 9.78 Å². The first-order chi connectivity index (χ1) is 7.61. The van der Waals surface area contributed by atoms with Crippen molar-refractivity contribution in [2.24, 2.45) is 0 Å². The second kappa shape index (κ2) is 3.83. The molecule has 0 radical (unpaired) electrons. The first-order valence-corrected chi connectivity index (χ1v) is 4.70. The smallest absolute Gasteiger partial charge is 0.163 e. The molecule has 6 heteroatoms. The van der Waals surface area contributed by atoms with E-state index in [0.717, 1.165) is 0 Å². The molecule has 80 valence electrons. The topological polar surface area (TPSA) is 67.6 Å². The molecule has 0 atom stereocenters. The number of anilines is 1. The molecule has 2 rings (SSSR count). The largest absolute Gasteiger partial charge is 0.381 e. The number of benzene rings is 1. The van der Waals surface area contributed by atoms with Gasteiger partial charge in [0.1, 0.15) is 17.4 Å². The van der Waals surface area contributed by atoms with Crippen LogP contribution in [0.1, 0.15) is 5.56 Å². The molecule has 2 N–H and O–H groups in total. The van der Waals surface area contributed by atoms with Crippen molar-refractivity contribution in [1.82, 2.24) is 9.78 Å². The molecule has 1 aromatic heterocycles. The fourth-order valence-corrected chi connectivity index (χ4v) is 1.35. The highest BCUT2D eigenvalue weighted by Gasteiger charge is 2.08. The van der Waals surface area contributed by atoms with Gasteiger partial charge in [-0.1, -0.05) is 11.6 Å². The molecule has 0 fully saturated rings. The molecular formula is C10H6ClFN4. The van der Waals surface area contributed by atoms with Crippen molar-refractivity contribution in [1.29, 1.82) is 5.26 Å². The zero-order valence-electron chi connectivity index (χ0n) is 7.98. The van der Waals surface area contributed by atoms with Crippen molar-refractivity contribution in [2.75, 3.05) is 5.73 Å². The molecule has 0 aliphatic carbocycles. The van der Waals surface area contributed by atoms with Crippen molar-refractivity contribution < 1.29 is 4.39 Å². The summed E-state index contributed by atoms with van der Waals surface area (Å²) in [7, 11) is 0. The Hall–Kier alpha value is -2.06. The maximum atomic E-state index is 13.2. The molecule has 0 amide bonds. The molecule has 0 unspecified atom stereocenters. The second-order valence-corrected chi connectivity index (χ2v) is 3.49. The molecule has 16 heavy (non-hydrogen) atoms. The Morgan fingerprint density at radius 2 is 2.25 bits per heavy atom. The molecular weight excluding hydrogens is 231 g/mol. The van der Waals surface area contributed by atoms with Gasteiger partial charge in [0.2, 0.25) is 0 Å². The molecule has 0 spiro atoms. The Kier molecular flexibility index (Phi) is 2.50. The summed E-state index contributed by atoms with van der Waals surface area (Å²) >= 11 is 5.55. The van der Waals surface area contributed by atoms with Gasteiger partial charge in [-0.2, -0.15) is 5.26 Å². The normalized spacial score (nSPS) is 10.1. The van der Waals surface area contributed by atoms with Crippen LogP contribution in [0.2, 0.25) is 5.02 Å². The fraction of sp³-hybridized carbons (Fsp3) is 0. The maximum absolute atomic E-state index is 13.2. The SMILES string of the molecule is N#Cc1cn(-c2ccc(Cl)c(F)c2)nc1N. The summed E-state index contributed by atoms with van der Waals surface area (Å²) in [4.78, 5) is 0. The second-order valence-electron chi connectivity index (χ2n) is 3.08. The Morgan fingerprint density at radius 3 is 2.81 bits per heavy atom. The number of hydrogen-bond acceptors (Lipinski definition) is 3. The number of nitriles is 1. The van der Waals surface area contributed by atoms with Gasteiger partial charge in [-0.3, -0.25) is 0 Å². The van der Waals surface area contributed by atoms with Crippen molar-refractivity contribution >= 4 is 17.4 Å². The van der Waals surface area contributed by atoms with E-state index in [0.29, 0.717) is 5.69 Å². The van der Waals surface area contributed by atoms with E-state index in [2.05, 4.69) is 5.10 Å². The number of nitrogens with zero attached hydrogens (tertiary/aromatic N) is 3. The predicted octanol–water partition coefficient (Wildman–Crippen LogP) is 2.12. The highest BCUT2D eigenvalue weighted by Crippen LogP contribution is 2.19. The minimum absolute atomic E-state index is 0.0318. The highest BCUT2D eigenvalue weighted by molar-refractivity contribution is 6.30. The van der Waals surface area contributed by atoms with Crippen LogP contribution in [0.15, 0.2) is 24.4 Å². The summed E-state index contributed by atoms with van der Waals surface area (Å²) in [6, 6.07) is 6.10. The molecule has 0 saturated heterocycles. The van der Waals surface area contributed by atoms with Gasteiger partial charge in [0.25, 0.3) is 0 Å².